The van der Waals surface area contributed by atoms with E-state index in [0.717, 1.165) is 0 Å². The molecule has 0 aromatic rings. The van der Waals surface area contributed by atoms with Crippen molar-refractivity contribution in [2.45, 2.75) is 65.1 Å². The fraction of sp³-hybridized carbons (Fsp3) is 0.769. The monoisotopic (exact) mass is 242 g/mol. The lowest BCUT2D eigenvalue weighted by Gasteiger charge is -2.18. The highest BCUT2D eigenvalue weighted by molar-refractivity contribution is 5.82. The van der Waals surface area contributed by atoms with Gasteiger partial charge in [0.25, 0.3) is 0 Å². The van der Waals surface area contributed by atoms with Crippen LogP contribution in [-0.4, -0.2) is 29.6 Å². The Morgan fingerprint density at radius 1 is 1.29 bits per heavy atom. The van der Waals surface area contributed by atoms with Gasteiger partial charge in [0.1, 0.15) is 11.7 Å². The molecule has 1 fully saturated rings. The molecule has 0 N–H and O–H groups in total. The third-order valence-corrected chi connectivity index (χ3v) is 2.18. The molecule has 0 spiro atoms. The van der Waals surface area contributed by atoms with Crippen molar-refractivity contribution in [1.82, 2.24) is 0 Å². The number of rotatable bonds is 2. The van der Waals surface area contributed by atoms with E-state index in [2.05, 4.69) is 0 Å². The molecule has 0 amide bonds. The first kappa shape index (κ1) is 14.2. The molecule has 1 saturated heterocycles. The maximum atomic E-state index is 11.5. The number of ether oxygens (including phenoxy) is 3. The van der Waals surface area contributed by atoms with Gasteiger partial charge in [-0.05, 0) is 47.6 Å². The Hall–Kier alpha value is -0.870. The van der Waals surface area contributed by atoms with E-state index in [9.17, 15) is 4.79 Å². The van der Waals surface area contributed by atoms with Crippen LogP contribution >= 0.6 is 0 Å². The summed E-state index contributed by atoms with van der Waals surface area (Å²) in [4.78, 5) is 11.5. The lowest BCUT2D eigenvalue weighted by atomic mass is 10.2. The van der Waals surface area contributed by atoms with Crippen molar-refractivity contribution in [2.24, 2.45) is 0 Å². The number of hydrogen-bond donors (Lipinski definition) is 0. The molecule has 2 atom stereocenters. The Morgan fingerprint density at radius 3 is 2.29 bits per heavy atom. The first-order chi connectivity index (χ1) is 7.59. The van der Waals surface area contributed by atoms with Gasteiger partial charge in [-0.25, -0.2) is 4.79 Å². The van der Waals surface area contributed by atoms with Crippen LogP contribution in [-0.2, 0) is 19.0 Å². The average molecular weight is 242 g/mol. The smallest absolute Gasteiger partial charge is 0.331 e. The molecule has 0 aromatic heterocycles. The van der Waals surface area contributed by atoms with Gasteiger partial charge < -0.3 is 14.2 Å². The van der Waals surface area contributed by atoms with Crippen molar-refractivity contribution in [1.29, 1.82) is 0 Å². The van der Waals surface area contributed by atoms with Crippen LogP contribution in [0.25, 0.3) is 0 Å². The van der Waals surface area contributed by atoms with Crippen LogP contribution in [0.5, 0.6) is 0 Å². The molecule has 0 aliphatic carbocycles. The third-order valence-electron chi connectivity index (χ3n) is 2.18. The summed E-state index contributed by atoms with van der Waals surface area (Å²) in [6.45, 7) is 11.1. The predicted octanol–water partition coefficient (Wildman–Crippen LogP) is 2.42. The van der Waals surface area contributed by atoms with Gasteiger partial charge in [0.2, 0.25) is 0 Å². The van der Waals surface area contributed by atoms with Crippen LogP contribution < -0.4 is 0 Å². The molecule has 4 nitrogen and oxygen atoms in total. The molecule has 1 rings (SSSR count). The first-order valence-electron chi connectivity index (χ1n) is 5.86. The minimum atomic E-state index is -0.595. The highest BCUT2D eigenvalue weighted by Crippen LogP contribution is 2.28. The Morgan fingerprint density at radius 2 is 1.88 bits per heavy atom. The summed E-state index contributed by atoms with van der Waals surface area (Å²) in [6, 6.07) is 0. The number of hydrogen-bond acceptors (Lipinski definition) is 4. The summed E-state index contributed by atoms with van der Waals surface area (Å²) in [5, 5.41) is 0. The van der Waals surface area contributed by atoms with Gasteiger partial charge in [-0.1, -0.05) is 0 Å². The zero-order valence-corrected chi connectivity index (χ0v) is 11.4. The maximum Gasteiger partial charge on any atom is 0.331 e. The van der Waals surface area contributed by atoms with Gasteiger partial charge >= 0.3 is 5.97 Å². The summed E-state index contributed by atoms with van der Waals surface area (Å²) in [5.74, 6) is -0.958. The largest absolute Gasteiger partial charge is 0.457 e. The van der Waals surface area contributed by atoms with Gasteiger partial charge in [0.15, 0.2) is 5.79 Å². The first-order valence-corrected chi connectivity index (χ1v) is 5.86. The van der Waals surface area contributed by atoms with E-state index in [-0.39, 0.29) is 18.2 Å². The van der Waals surface area contributed by atoms with Gasteiger partial charge in [0.05, 0.1) is 6.10 Å². The summed E-state index contributed by atoms with van der Waals surface area (Å²) >= 11 is 0. The second-order valence-electron chi connectivity index (χ2n) is 5.70. The molecule has 1 aliphatic rings. The van der Waals surface area contributed by atoms with E-state index in [0.29, 0.717) is 0 Å². The molecule has 0 radical (unpaired) electrons. The predicted molar refractivity (Wildman–Crippen MR) is 64.5 cm³/mol. The minimum Gasteiger partial charge on any atom is -0.457 e. The molecule has 17 heavy (non-hydrogen) atoms. The Balaban J connectivity index is 2.52. The van der Waals surface area contributed by atoms with Gasteiger partial charge in [-0.15, -0.1) is 0 Å². The molecular formula is C13H22O4. The zero-order chi connectivity index (χ0) is 13.3. The van der Waals surface area contributed by atoms with Gasteiger partial charge in [0, 0.05) is 6.08 Å². The van der Waals surface area contributed by atoms with Crippen molar-refractivity contribution in [3.05, 3.63) is 12.2 Å². The summed E-state index contributed by atoms with van der Waals surface area (Å²) in [6.07, 6.45) is 2.81. The average Bonchev–Trinajstić information content (AvgIpc) is 2.33. The van der Waals surface area contributed by atoms with Crippen LogP contribution in [0.2, 0.25) is 0 Å². The van der Waals surface area contributed by atoms with Crippen molar-refractivity contribution in [2.75, 3.05) is 0 Å². The standard InChI is InChI=1S/C13H22O4/c1-9-10(16-13(5,6)15-9)7-8-11(14)17-12(2,3)4/h7-10H,1-6H3/b8-7+/t9-,10-/m0/s1. The van der Waals surface area contributed by atoms with Crippen molar-refractivity contribution in [3.63, 3.8) is 0 Å². The van der Waals surface area contributed by atoms with E-state index in [1.54, 1.807) is 6.08 Å². The number of esters is 1. The van der Waals surface area contributed by atoms with E-state index in [4.69, 9.17) is 14.2 Å². The highest BCUT2D eigenvalue weighted by atomic mass is 16.7. The van der Waals surface area contributed by atoms with Crippen LogP contribution in [0.4, 0.5) is 0 Å². The third kappa shape index (κ3) is 4.88. The van der Waals surface area contributed by atoms with Crippen LogP contribution in [0, 0.1) is 0 Å². The van der Waals surface area contributed by atoms with E-state index >= 15 is 0 Å². The second kappa shape index (κ2) is 4.78. The number of carbonyl (C=O) groups excluding carboxylic acids is 1. The summed E-state index contributed by atoms with van der Waals surface area (Å²) in [7, 11) is 0. The van der Waals surface area contributed by atoms with Gasteiger partial charge in [-0.3, -0.25) is 0 Å². The van der Waals surface area contributed by atoms with Crippen molar-refractivity contribution < 1.29 is 19.0 Å². The van der Waals surface area contributed by atoms with Crippen molar-refractivity contribution in [3.8, 4) is 0 Å². The fourth-order valence-electron chi connectivity index (χ4n) is 1.67. The Labute approximate surface area is 103 Å². The van der Waals surface area contributed by atoms with E-state index in [1.807, 2.05) is 41.5 Å². The lowest BCUT2D eigenvalue weighted by molar-refractivity contribution is -0.149. The molecule has 0 aromatic carbocycles. The number of carbonyl (C=O) groups is 1. The quantitative estimate of drug-likeness (QED) is 0.551. The molecule has 0 unspecified atom stereocenters. The second-order valence-corrected chi connectivity index (χ2v) is 5.70. The molecule has 1 heterocycles. The molecule has 98 valence electrons. The van der Waals surface area contributed by atoms with Gasteiger partial charge in [-0.2, -0.15) is 0 Å². The Kier molecular flexibility index (Phi) is 3.99. The minimum absolute atomic E-state index is 0.0660. The SMILES string of the molecule is C[C@@H]1OC(C)(C)O[C@H]1/C=C/C(=O)OC(C)(C)C. The van der Waals surface area contributed by atoms with Crippen molar-refractivity contribution >= 4 is 5.97 Å². The molecular weight excluding hydrogens is 220 g/mol. The molecule has 0 saturated carbocycles. The highest BCUT2D eigenvalue weighted by Gasteiger charge is 2.37. The summed E-state index contributed by atoms with van der Waals surface area (Å²) < 4.78 is 16.4. The van der Waals surface area contributed by atoms with Crippen LogP contribution in [0.15, 0.2) is 12.2 Å². The topological polar surface area (TPSA) is 44.8 Å². The maximum absolute atomic E-state index is 11.5. The fourth-order valence-corrected chi connectivity index (χ4v) is 1.67. The lowest BCUT2D eigenvalue weighted by Crippen LogP contribution is -2.23. The molecule has 0 bridgehead atoms. The zero-order valence-electron chi connectivity index (χ0n) is 11.4. The molecule has 1 aliphatic heterocycles. The Bertz CT molecular complexity index is 312. The molecule has 4 heteroatoms. The normalized spacial score (nSPS) is 28.6. The van der Waals surface area contributed by atoms with Crippen LogP contribution in [0.1, 0.15) is 41.5 Å². The van der Waals surface area contributed by atoms with E-state index in [1.165, 1.54) is 6.08 Å². The van der Waals surface area contributed by atoms with E-state index < -0.39 is 11.4 Å². The summed E-state index contributed by atoms with van der Waals surface area (Å²) in [5.41, 5.74) is -0.473. The van der Waals surface area contributed by atoms with Crippen LogP contribution in [0.3, 0.4) is 0 Å².